The van der Waals surface area contributed by atoms with Gasteiger partial charge in [-0.2, -0.15) is 0 Å². The van der Waals surface area contributed by atoms with Crippen LogP contribution in [0.4, 0.5) is 4.39 Å². The fraction of sp³-hybridized carbons (Fsp3) is 0.122. The van der Waals surface area contributed by atoms with E-state index in [1.807, 2.05) is 54.6 Å². The van der Waals surface area contributed by atoms with Gasteiger partial charge in [0.2, 0.25) is 0 Å². The number of aryl methyl sites for hydroxylation is 1. The highest BCUT2D eigenvalue weighted by Gasteiger charge is 2.64. The van der Waals surface area contributed by atoms with Gasteiger partial charge >= 0.3 is 0 Å². The Bertz CT molecular complexity index is 2790. The van der Waals surface area contributed by atoms with Crippen molar-refractivity contribution in [2.75, 3.05) is 0 Å². The minimum absolute atomic E-state index is 0.0484. The molecule has 7 aromatic rings. The monoisotopic (exact) mass is 701 g/mol. The fourth-order valence-electron chi connectivity index (χ4n) is 9.33. The van der Waals surface area contributed by atoms with Crippen molar-refractivity contribution in [2.45, 2.75) is 30.8 Å². The van der Waals surface area contributed by atoms with Crippen LogP contribution in [0.1, 0.15) is 33.7 Å². The molecule has 0 radical (unpaired) electrons. The highest BCUT2D eigenvalue weighted by atomic mass is 19.1. The predicted octanol–water partition coefficient (Wildman–Crippen LogP) is 11.7. The van der Waals surface area contributed by atoms with E-state index in [9.17, 15) is 0 Å². The zero-order valence-corrected chi connectivity index (χ0v) is 29.9. The quantitative estimate of drug-likeness (QED) is 0.162. The average molecular weight is 702 g/mol. The molecule has 54 heavy (non-hydrogen) atoms. The van der Waals surface area contributed by atoms with Crippen molar-refractivity contribution in [2.24, 2.45) is 15.9 Å². The van der Waals surface area contributed by atoms with Gasteiger partial charge in [0, 0.05) is 50.4 Å². The summed E-state index contributed by atoms with van der Waals surface area (Å²) in [5.41, 5.74) is 12.5. The number of benzene rings is 5. The molecule has 0 N–H and O–H groups in total. The van der Waals surface area contributed by atoms with E-state index >= 15 is 4.39 Å². The number of hydrogen-bond acceptors (Lipinski definition) is 4. The molecule has 0 amide bonds. The predicted molar refractivity (Wildman–Crippen MR) is 219 cm³/mol. The van der Waals surface area contributed by atoms with Crippen molar-refractivity contribution < 1.29 is 8.81 Å². The molecule has 10 rings (SSSR count). The minimum atomic E-state index is -0.588. The van der Waals surface area contributed by atoms with Gasteiger partial charge in [-0.3, -0.25) is 9.98 Å². The van der Waals surface area contributed by atoms with Gasteiger partial charge in [0.25, 0.3) is 0 Å². The third-order valence-electron chi connectivity index (χ3n) is 11.8. The van der Waals surface area contributed by atoms with Gasteiger partial charge < -0.3 is 4.42 Å². The molecule has 5 aromatic carbocycles. The van der Waals surface area contributed by atoms with E-state index in [0.29, 0.717) is 23.3 Å². The standard InChI is InChI=1S/C49H36FN3O/c1-5-37-47-44(36-21-18-28(4)45(50)43(36)38(6-2)51-47)49(37)27-32-20-23-35-34-22-19-31(26-41(34)54-48(35)42(32)39(7-3)53-49)33-24-25-40(29-14-10-8-11-15-29)52-46(33)30-16-12-9-13-17-30/h5-26,37,44,47H,1-3,27H2,4H3. The number of fused-ring (bicyclic) bond motifs is 9. The zero-order valence-electron chi connectivity index (χ0n) is 29.9. The summed E-state index contributed by atoms with van der Waals surface area (Å²) in [7, 11) is 0. The van der Waals surface area contributed by atoms with E-state index in [-0.39, 0.29) is 23.7 Å². The molecule has 2 aromatic heterocycles. The van der Waals surface area contributed by atoms with Crippen molar-refractivity contribution in [1.29, 1.82) is 0 Å². The van der Waals surface area contributed by atoms with Crippen LogP contribution >= 0.6 is 0 Å². The molecular weight excluding hydrogens is 666 g/mol. The van der Waals surface area contributed by atoms with Gasteiger partial charge in [0.15, 0.2) is 0 Å². The van der Waals surface area contributed by atoms with Crippen LogP contribution in [0, 0.1) is 18.7 Å². The molecule has 1 fully saturated rings. The molecule has 0 saturated heterocycles. The van der Waals surface area contributed by atoms with Gasteiger partial charge in [-0.25, -0.2) is 9.37 Å². The number of furan rings is 1. The lowest BCUT2D eigenvalue weighted by Gasteiger charge is -2.60. The Kier molecular flexibility index (Phi) is 7.18. The van der Waals surface area contributed by atoms with E-state index in [1.54, 1.807) is 13.0 Å². The second-order valence-corrected chi connectivity index (χ2v) is 14.6. The molecule has 4 unspecified atom stereocenters. The normalized spacial score (nSPS) is 21.0. The third-order valence-corrected chi connectivity index (χ3v) is 11.8. The van der Waals surface area contributed by atoms with Crippen LogP contribution in [0.25, 0.3) is 55.6 Å². The van der Waals surface area contributed by atoms with E-state index in [1.165, 1.54) is 0 Å². The molecular formula is C49H36FN3O. The molecule has 260 valence electrons. The lowest BCUT2D eigenvalue weighted by Crippen LogP contribution is -2.65. The summed E-state index contributed by atoms with van der Waals surface area (Å²) in [6.07, 6.45) is 6.11. The van der Waals surface area contributed by atoms with Crippen molar-refractivity contribution in [3.05, 3.63) is 187 Å². The smallest absolute Gasteiger partial charge is 0.145 e. The molecule has 2 aliphatic heterocycles. The average Bonchev–Trinajstić information content (AvgIpc) is 3.59. The molecule has 4 atom stereocenters. The first-order valence-corrected chi connectivity index (χ1v) is 18.4. The molecule has 0 bridgehead atoms. The number of hydrogen-bond donors (Lipinski definition) is 0. The van der Waals surface area contributed by atoms with E-state index in [4.69, 9.17) is 19.4 Å². The van der Waals surface area contributed by atoms with Crippen molar-refractivity contribution in [3.63, 3.8) is 0 Å². The molecule has 3 aliphatic rings. The highest BCUT2D eigenvalue weighted by Crippen LogP contribution is 2.61. The maximum atomic E-state index is 15.8. The summed E-state index contributed by atoms with van der Waals surface area (Å²) in [6, 6.07) is 39.4. The van der Waals surface area contributed by atoms with Crippen molar-refractivity contribution in [1.82, 2.24) is 4.98 Å². The topological polar surface area (TPSA) is 50.8 Å². The molecule has 4 nitrogen and oxygen atoms in total. The number of nitrogens with zero attached hydrogens (tertiary/aromatic N) is 3. The first kappa shape index (κ1) is 32.2. The highest BCUT2D eigenvalue weighted by molar-refractivity contribution is 6.21. The summed E-state index contributed by atoms with van der Waals surface area (Å²) < 4.78 is 22.6. The minimum Gasteiger partial charge on any atom is -0.455 e. The third kappa shape index (κ3) is 4.51. The van der Waals surface area contributed by atoms with Gasteiger partial charge in [-0.1, -0.05) is 116 Å². The summed E-state index contributed by atoms with van der Waals surface area (Å²) in [5.74, 6) is -0.409. The summed E-state index contributed by atoms with van der Waals surface area (Å²) in [4.78, 5) is 15.8. The molecule has 1 aliphatic carbocycles. The Morgan fingerprint density at radius 3 is 2.24 bits per heavy atom. The Morgan fingerprint density at radius 2 is 1.50 bits per heavy atom. The maximum absolute atomic E-state index is 15.8. The fourth-order valence-corrected chi connectivity index (χ4v) is 9.33. The van der Waals surface area contributed by atoms with Crippen LogP contribution < -0.4 is 0 Å². The van der Waals surface area contributed by atoms with Crippen LogP contribution in [-0.4, -0.2) is 28.0 Å². The number of aromatic nitrogens is 1. The Morgan fingerprint density at radius 1 is 0.759 bits per heavy atom. The van der Waals surface area contributed by atoms with E-state index < -0.39 is 5.54 Å². The largest absolute Gasteiger partial charge is 0.455 e. The number of rotatable bonds is 6. The zero-order chi connectivity index (χ0) is 36.7. The molecule has 4 heterocycles. The number of allylic oxidation sites excluding steroid dienone is 2. The molecule has 5 heteroatoms. The lowest BCUT2D eigenvalue weighted by atomic mass is 9.49. The maximum Gasteiger partial charge on any atom is 0.145 e. The van der Waals surface area contributed by atoms with Crippen LogP contribution in [-0.2, 0) is 6.42 Å². The van der Waals surface area contributed by atoms with Crippen LogP contribution in [0.15, 0.2) is 168 Å². The Hall–Kier alpha value is -6.46. The Balaban J connectivity index is 1.10. The molecule has 1 saturated carbocycles. The number of halogens is 1. The van der Waals surface area contributed by atoms with E-state index in [2.05, 4.69) is 92.5 Å². The second kappa shape index (κ2) is 12.0. The van der Waals surface area contributed by atoms with E-state index in [0.717, 1.165) is 78.0 Å². The first-order chi connectivity index (χ1) is 26.4. The summed E-state index contributed by atoms with van der Waals surface area (Å²) in [6.45, 7) is 14.2. The van der Waals surface area contributed by atoms with Gasteiger partial charge in [0.1, 0.15) is 17.0 Å². The SMILES string of the molecule is C=CC1=NC2C(C=C)C3(Cc4ccc5c(oc6cc(-c7ccc(-c8ccccc8)nc7-c7ccccc7)ccc65)c4C(C=C)=N3)C2c2ccc(C)c(F)c21. The van der Waals surface area contributed by atoms with Gasteiger partial charge in [-0.05, 0) is 65.9 Å². The second-order valence-electron chi connectivity index (χ2n) is 14.6. The van der Waals surface area contributed by atoms with Crippen LogP contribution in [0.2, 0.25) is 0 Å². The van der Waals surface area contributed by atoms with Crippen LogP contribution in [0.3, 0.4) is 0 Å². The Labute approximate surface area is 313 Å². The van der Waals surface area contributed by atoms with Gasteiger partial charge in [-0.15, -0.1) is 6.58 Å². The number of pyridine rings is 1. The summed E-state index contributed by atoms with van der Waals surface area (Å²) in [5, 5.41) is 2.05. The summed E-state index contributed by atoms with van der Waals surface area (Å²) >= 11 is 0. The van der Waals surface area contributed by atoms with Crippen LogP contribution in [0.5, 0.6) is 0 Å². The first-order valence-electron chi connectivity index (χ1n) is 18.4. The van der Waals surface area contributed by atoms with Gasteiger partial charge in [0.05, 0.1) is 34.4 Å². The number of aliphatic imine (C=N–C) groups is 2. The van der Waals surface area contributed by atoms with Crippen molar-refractivity contribution >= 4 is 33.4 Å². The van der Waals surface area contributed by atoms with Crippen molar-refractivity contribution in [3.8, 4) is 33.6 Å². The molecule has 1 spiro atoms. The lowest BCUT2D eigenvalue weighted by molar-refractivity contribution is 0.0913.